The highest BCUT2D eigenvalue weighted by atomic mass is 79.9. The number of hydrogen-bond donors (Lipinski definition) is 1. The molecule has 0 radical (unpaired) electrons. The fourth-order valence-corrected chi connectivity index (χ4v) is 3.41. The topological polar surface area (TPSA) is 29.1 Å². The average molecular weight is 390 g/mol. The molecule has 0 fully saturated rings. The summed E-state index contributed by atoms with van der Waals surface area (Å²) in [6.07, 6.45) is 0. The van der Waals surface area contributed by atoms with Gasteiger partial charge in [-0.05, 0) is 53.2 Å². The predicted octanol–water partition coefficient (Wildman–Crippen LogP) is 5.47. The Morgan fingerprint density at radius 3 is 2.65 bits per heavy atom. The lowest BCUT2D eigenvalue weighted by atomic mass is 10.1. The summed E-state index contributed by atoms with van der Waals surface area (Å²) in [6, 6.07) is 17.9. The summed E-state index contributed by atoms with van der Waals surface area (Å²) in [4.78, 5) is 12.9. The van der Waals surface area contributed by atoms with Crippen molar-refractivity contribution in [1.29, 1.82) is 0 Å². The van der Waals surface area contributed by atoms with Gasteiger partial charge in [-0.3, -0.25) is 4.79 Å². The molecule has 0 unspecified atom stereocenters. The molecule has 0 aliphatic heterocycles. The number of halogens is 2. The Bertz CT molecular complexity index is 851. The van der Waals surface area contributed by atoms with Crippen LogP contribution in [0, 0.1) is 5.82 Å². The molecular formula is C18H13BrFNOS. The van der Waals surface area contributed by atoms with Gasteiger partial charge < -0.3 is 5.32 Å². The van der Waals surface area contributed by atoms with E-state index < -0.39 is 0 Å². The molecule has 2 nitrogen and oxygen atoms in total. The number of benzene rings is 3. The van der Waals surface area contributed by atoms with E-state index in [-0.39, 0.29) is 17.5 Å². The third-order valence-corrected chi connectivity index (χ3v) is 5.00. The second-order valence-electron chi connectivity index (χ2n) is 4.97. The molecule has 5 heteroatoms. The summed E-state index contributed by atoms with van der Waals surface area (Å²) in [5.41, 5.74) is 0.764. The van der Waals surface area contributed by atoms with Crippen molar-refractivity contribution in [3.05, 3.63) is 71.0 Å². The lowest BCUT2D eigenvalue weighted by Crippen LogP contribution is -2.13. The lowest BCUT2D eigenvalue weighted by Gasteiger charge is -2.07. The number of fused-ring (bicyclic) bond motifs is 1. The van der Waals surface area contributed by atoms with E-state index in [0.717, 1.165) is 25.8 Å². The normalized spacial score (nSPS) is 10.7. The number of nitrogens with one attached hydrogen (secondary N) is 1. The number of anilines is 1. The zero-order valence-corrected chi connectivity index (χ0v) is 14.5. The first-order chi connectivity index (χ1) is 11.1. The Balaban J connectivity index is 1.64. The molecule has 3 rings (SSSR count). The SMILES string of the molecule is O=C(CSc1ccc(F)cc1)Nc1ccc2c(Br)cccc2c1. The van der Waals surface area contributed by atoms with E-state index in [0.29, 0.717) is 0 Å². The van der Waals surface area contributed by atoms with Crippen LogP contribution in [0.1, 0.15) is 0 Å². The number of amides is 1. The van der Waals surface area contributed by atoms with Crippen LogP contribution < -0.4 is 5.32 Å². The van der Waals surface area contributed by atoms with Crippen LogP contribution in [0.15, 0.2) is 70.0 Å². The Morgan fingerprint density at radius 2 is 1.87 bits per heavy atom. The molecule has 23 heavy (non-hydrogen) atoms. The standard InChI is InChI=1S/C18H13BrFNOS/c19-17-3-1-2-12-10-14(6-9-16(12)17)21-18(22)11-23-15-7-4-13(20)5-8-15/h1-10H,11H2,(H,21,22). The fourth-order valence-electron chi connectivity index (χ4n) is 2.20. The van der Waals surface area contributed by atoms with Crippen molar-refractivity contribution < 1.29 is 9.18 Å². The smallest absolute Gasteiger partial charge is 0.234 e. The van der Waals surface area contributed by atoms with Gasteiger partial charge in [-0.2, -0.15) is 0 Å². The zero-order valence-electron chi connectivity index (χ0n) is 12.1. The minimum absolute atomic E-state index is 0.0892. The molecule has 0 aliphatic carbocycles. The third kappa shape index (κ3) is 4.12. The fraction of sp³-hybridized carbons (Fsp3) is 0.0556. The number of rotatable bonds is 4. The van der Waals surface area contributed by atoms with Crippen LogP contribution in [-0.4, -0.2) is 11.7 Å². The summed E-state index contributed by atoms with van der Waals surface area (Å²) in [5.74, 6) is -0.0860. The first-order valence-electron chi connectivity index (χ1n) is 6.98. The van der Waals surface area contributed by atoms with Crippen molar-refractivity contribution in [3.8, 4) is 0 Å². The van der Waals surface area contributed by atoms with Crippen LogP contribution in [0.2, 0.25) is 0 Å². The number of carbonyl (C=O) groups excluding carboxylic acids is 1. The second kappa shape index (κ2) is 7.15. The maximum absolute atomic E-state index is 12.8. The summed E-state index contributed by atoms with van der Waals surface area (Å²) in [6.45, 7) is 0. The summed E-state index contributed by atoms with van der Waals surface area (Å²) in [5, 5.41) is 5.05. The first-order valence-corrected chi connectivity index (χ1v) is 8.76. The Hall–Kier alpha value is -1.85. The van der Waals surface area contributed by atoms with Crippen LogP contribution >= 0.6 is 27.7 Å². The molecule has 1 amide bonds. The van der Waals surface area contributed by atoms with Gasteiger partial charge in [0.25, 0.3) is 0 Å². The van der Waals surface area contributed by atoms with E-state index in [1.54, 1.807) is 12.1 Å². The summed E-state index contributed by atoms with van der Waals surface area (Å²) in [7, 11) is 0. The van der Waals surface area contributed by atoms with E-state index in [2.05, 4.69) is 21.2 Å². The largest absolute Gasteiger partial charge is 0.325 e. The van der Waals surface area contributed by atoms with Crippen LogP contribution in [0.25, 0.3) is 10.8 Å². The van der Waals surface area contributed by atoms with Gasteiger partial charge in [-0.25, -0.2) is 4.39 Å². The third-order valence-electron chi connectivity index (χ3n) is 3.29. The molecule has 0 aliphatic rings. The van der Waals surface area contributed by atoms with Crippen LogP contribution in [0.5, 0.6) is 0 Å². The van der Waals surface area contributed by atoms with Gasteiger partial charge in [-0.1, -0.05) is 34.1 Å². The number of carbonyl (C=O) groups is 1. The van der Waals surface area contributed by atoms with Gasteiger partial charge in [0.1, 0.15) is 5.82 Å². The molecule has 3 aromatic carbocycles. The van der Waals surface area contributed by atoms with E-state index in [9.17, 15) is 9.18 Å². The van der Waals surface area contributed by atoms with Gasteiger partial charge >= 0.3 is 0 Å². The number of hydrogen-bond acceptors (Lipinski definition) is 2. The van der Waals surface area contributed by atoms with Crippen LogP contribution in [0.3, 0.4) is 0 Å². The molecule has 0 saturated carbocycles. The van der Waals surface area contributed by atoms with Gasteiger partial charge in [0.15, 0.2) is 0 Å². The minimum atomic E-state index is -0.277. The van der Waals surface area contributed by atoms with Gasteiger partial charge in [0.2, 0.25) is 5.91 Å². The number of thioether (sulfide) groups is 1. The average Bonchev–Trinajstić information content (AvgIpc) is 2.54. The van der Waals surface area contributed by atoms with Crippen molar-refractivity contribution in [3.63, 3.8) is 0 Å². The molecule has 0 saturated heterocycles. The van der Waals surface area contributed by atoms with Crippen LogP contribution in [0.4, 0.5) is 10.1 Å². The highest BCUT2D eigenvalue weighted by molar-refractivity contribution is 9.10. The Labute approximate surface area is 146 Å². The van der Waals surface area contributed by atoms with Crippen molar-refractivity contribution in [2.75, 3.05) is 11.1 Å². The lowest BCUT2D eigenvalue weighted by molar-refractivity contribution is -0.113. The monoisotopic (exact) mass is 389 g/mol. The van der Waals surface area contributed by atoms with E-state index in [4.69, 9.17) is 0 Å². The van der Waals surface area contributed by atoms with Gasteiger partial charge in [0, 0.05) is 15.1 Å². The molecule has 0 heterocycles. The zero-order chi connectivity index (χ0) is 16.2. The molecule has 0 atom stereocenters. The van der Waals surface area contributed by atoms with Gasteiger partial charge in [0.05, 0.1) is 5.75 Å². The van der Waals surface area contributed by atoms with E-state index >= 15 is 0 Å². The Kier molecular flexibility index (Phi) is 4.98. The van der Waals surface area contributed by atoms with Gasteiger partial charge in [-0.15, -0.1) is 11.8 Å². The predicted molar refractivity (Wildman–Crippen MR) is 97.4 cm³/mol. The summed E-state index contributed by atoms with van der Waals surface area (Å²) >= 11 is 4.89. The second-order valence-corrected chi connectivity index (χ2v) is 6.87. The quantitative estimate of drug-likeness (QED) is 0.599. The van der Waals surface area contributed by atoms with Crippen molar-refractivity contribution >= 4 is 50.1 Å². The maximum atomic E-state index is 12.8. The molecule has 1 N–H and O–H groups in total. The van der Waals surface area contributed by atoms with E-state index in [1.807, 2.05) is 36.4 Å². The minimum Gasteiger partial charge on any atom is -0.325 e. The molecule has 0 spiro atoms. The Morgan fingerprint density at radius 1 is 1.09 bits per heavy atom. The van der Waals surface area contributed by atoms with Crippen molar-refractivity contribution in [1.82, 2.24) is 0 Å². The molecular weight excluding hydrogens is 377 g/mol. The maximum Gasteiger partial charge on any atom is 0.234 e. The molecule has 0 aromatic heterocycles. The summed E-state index contributed by atoms with van der Waals surface area (Å²) < 4.78 is 13.9. The highest BCUT2D eigenvalue weighted by Crippen LogP contribution is 2.26. The van der Waals surface area contributed by atoms with E-state index in [1.165, 1.54) is 23.9 Å². The van der Waals surface area contributed by atoms with Crippen molar-refractivity contribution in [2.24, 2.45) is 0 Å². The van der Waals surface area contributed by atoms with Crippen molar-refractivity contribution in [2.45, 2.75) is 4.90 Å². The molecule has 3 aromatic rings. The molecule has 116 valence electrons. The van der Waals surface area contributed by atoms with Crippen LogP contribution in [-0.2, 0) is 4.79 Å². The highest BCUT2D eigenvalue weighted by Gasteiger charge is 2.05. The molecule has 0 bridgehead atoms. The first kappa shape index (κ1) is 16.0.